The molecule has 4 nitrogen and oxygen atoms in total. The molecule has 0 bridgehead atoms. The fourth-order valence-electron chi connectivity index (χ4n) is 5.05. The molecule has 4 atom stereocenters. The molecule has 0 aromatic heterocycles. The number of fused-ring (bicyclic) bond motifs is 2. The first kappa shape index (κ1) is 13.8. The van der Waals surface area contributed by atoms with Gasteiger partial charge in [0.2, 0.25) is 5.78 Å². The van der Waals surface area contributed by atoms with Gasteiger partial charge in [-0.15, -0.1) is 0 Å². The predicted molar refractivity (Wildman–Crippen MR) is 80.0 cm³/mol. The van der Waals surface area contributed by atoms with Crippen LogP contribution < -0.4 is 4.74 Å². The van der Waals surface area contributed by atoms with E-state index in [2.05, 4.69) is 6.92 Å². The number of carbonyl (C=O) groups is 2. The average molecular weight is 300 g/mol. The van der Waals surface area contributed by atoms with Crippen molar-refractivity contribution in [1.82, 2.24) is 0 Å². The second-order valence-corrected chi connectivity index (χ2v) is 7.27. The number of benzene rings is 1. The van der Waals surface area contributed by atoms with Gasteiger partial charge in [-0.2, -0.15) is 0 Å². The Bertz CT molecular complexity index is 694. The van der Waals surface area contributed by atoms with E-state index in [0.717, 1.165) is 30.6 Å². The third kappa shape index (κ3) is 1.43. The van der Waals surface area contributed by atoms with Gasteiger partial charge in [0.25, 0.3) is 0 Å². The van der Waals surface area contributed by atoms with E-state index in [9.17, 15) is 9.59 Å². The van der Waals surface area contributed by atoms with Crippen LogP contribution in [0.4, 0.5) is 0 Å². The minimum Gasteiger partial charge on any atom is -0.497 e. The molecule has 1 aliphatic heterocycles. The molecule has 1 aromatic rings. The number of ketones is 1. The van der Waals surface area contributed by atoms with Gasteiger partial charge < -0.3 is 9.47 Å². The Morgan fingerprint density at radius 2 is 1.91 bits per heavy atom. The predicted octanol–water partition coefficient (Wildman–Crippen LogP) is 2.88. The summed E-state index contributed by atoms with van der Waals surface area (Å²) in [5.74, 6) is 0.415. The summed E-state index contributed by atoms with van der Waals surface area (Å²) in [6, 6.07) is 5.59. The first-order valence-electron chi connectivity index (χ1n) is 7.85. The maximum absolute atomic E-state index is 12.8. The highest BCUT2D eigenvalue weighted by atomic mass is 16.6. The zero-order chi connectivity index (χ0) is 15.7. The smallest absolute Gasteiger partial charge is 0.313 e. The number of Topliss-reactive ketones (excluding diaryl/α,β-unsaturated/α-hetero) is 1. The van der Waals surface area contributed by atoms with Crippen molar-refractivity contribution >= 4 is 11.8 Å². The van der Waals surface area contributed by atoms with E-state index in [1.54, 1.807) is 13.2 Å². The molecule has 1 heterocycles. The lowest BCUT2D eigenvalue weighted by molar-refractivity contribution is -0.148. The summed E-state index contributed by atoms with van der Waals surface area (Å²) in [6.07, 6.45) is 2.11. The number of hydrogen-bond acceptors (Lipinski definition) is 4. The second kappa shape index (κ2) is 4.12. The fraction of sp³-hybridized carbons (Fsp3) is 0.556. The Kier molecular flexibility index (Phi) is 2.58. The largest absolute Gasteiger partial charge is 0.497 e. The highest BCUT2D eigenvalue weighted by Gasteiger charge is 2.67. The van der Waals surface area contributed by atoms with E-state index in [4.69, 9.17) is 9.47 Å². The molecule has 1 aromatic carbocycles. The molecular formula is C18H20O4. The molecule has 0 unspecified atom stereocenters. The van der Waals surface area contributed by atoms with Crippen LogP contribution in [0.3, 0.4) is 0 Å². The van der Waals surface area contributed by atoms with Gasteiger partial charge in [-0.1, -0.05) is 13.3 Å². The van der Waals surface area contributed by atoms with Crippen molar-refractivity contribution in [2.45, 2.75) is 44.6 Å². The van der Waals surface area contributed by atoms with Gasteiger partial charge in [-0.3, -0.25) is 9.59 Å². The number of hydrogen-bond donors (Lipinski definition) is 0. The number of esters is 1. The Morgan fingerprint density at radius 3 is 2.64 bits per heavy atom. The van der Waals surface area contributed by atoms with Gasteiger partial charge in [-0.25, -0.2) is 0 Å². The van der Waals surface area contributed by atoms with E-state index in [0.29, 0.717) is 5.56 Å². The molecule has 4 heteroatoms. The lowest BCUT2D eigenvalue weighted by Crippen LogP contribution is -2.54. The van der Waals surface area contributed by atoms with E-state index in [1.807, 2.05) is 19.1 Å². The van der Waals surface area contributed by atoms with Gasteiger partial charge in [0, 0.05) is 16.9 Å². The Morgan fingerprint density at radius 1 is 1.18 bits per heavy atom. The van der Waals surface area contributed by atoms with E-state index < -0.39 is 11.5 Å². The number of rotatable bonds is 1. The normalized spacial score (nSPS) is 39.0. The standard InChI is InChI=1S/C18H20O4/c1-17-7-4-8-18(2)15(17)14(22-16(18)20)13(19)11-6-5-10(21-3)9-12(11)17/h5-6,9,14-15H,4,7-8H2,1-3H3/t14-,15-,17-,18+/m1/s1. The molecular weight excluding hydrogens is 280 g/mol. The maximum Gasteiger partial charge on any atom is 0.313 e. The van der Waals surface area contributed by atoms with Gasteiger partial charge in [0.1, 0.15) is 5.75 Å². The molecule has 0 N–H and O–H groups in total. The minimum atomic E-state index is -0.622. The SMILES string of the molecule is COc1ccc2c(c1)[C@@]1(C)CCC[C@]3(C)C(=O)O[C@H](C2=O)[C@@H]31. The first-order chi connectivity index (χ1) is 10.4. The molecule has 22 heavy (non-hydrogen) atoms. The van der Waals surface area contributed by atoms with Crippen LogP contribution in [0.2, 0.25) is 0 Å². The molecule has 3 aliphatic rings. The topological polar surface area (TPSA) is 52.6 Å². The third-order valence-electron chi connectivity index (χ3n) is 6.13. The van der Waals surface area contributed by atoms with Gasteiger partial charge >= 0.3 is 5.97 Å². The summed E-state index contributed by atoms with van der Waals surface area (Å²) in [4.78, 5) is 25.3. The molecule has 4 rings (SSSR count). The Labute approximate surface area is 129 Å². The monoisotopic (exact) mass is 300 g/mol. The summed E-state index contributed by atoms with van der Waals surface area (Å²) >= 11 is 0. The molecule has 0 spiro atoms. The first-order valence-corrected chi connectivity index (χ1v) is 7.85. The molecule has 2 fully saturated rings. The van der Waals surface area contributed by atoms with Crippen LogP contribution in [-0.4, -0.2) is 25.0 Å². The van der Waals surface area contributed by atoms with Gasteiger partial charge in [-0.05, 0) is 43.5 Å². The van der Waals surface area contributed by atoms with Crippen LogP contribution >= 0.6 is 0 Å². The van der Waals surface area contributed by atoms with Crippen molar-refractivity contribution in [3.8, 4) is 5.75 Å². The van der Waals surface area contributed by atoms with Crippen molar-refractivity contribution in [3.63, 3.8) is 0 Å². The quantitative estimate of drug-likeness (QED) is 0.748. The molecule has 0 amide bonds. The van der Waals surface area contributed by atoms with Crippen LogP contribution in [0, 0.1) is 11.3 Å². The van der Waals surface area contributed by atoms with Crippen LogP contribution in [0.25, 0.3) is 0 Å². The molecule has 2 aliphatic carbocycles. The van der Waals surface area contributed by atoms with Crippen molar-refractivity contribution in [1.29, 1.82) is 0 Å². The molecule has 1 saturated carbocycles. The van der Waals surface area contributed by atoms with Crippen LogP contribution in [0.15, 0.2) is 18.2 Å². The minimum absolute atomic E-state index is 0.0564. The molecule has 116 valence electrons. The van der Waals surface area contributed by atoms with Crippen LogP contribution in [-0.2, 0) is 14.9 Å². The Balaban J connectivity index is 1.98. The van der Waals surface area contributed by atoms with E-state index >= 15 is 0 Å². The highest BCUT2D eigenvalue weighted by molar-refractivity contribution is 6.06. The van der Waals surface area contributed by atoms with Crippen LogP contribution in [0.5, 0.6) is 5.75 Å². The summed E-state index contributed by atoms with van der Waals surface area (Å²) < 4.78 is 10.9. The highest BCUT2D eigenvalue weighted by Crippen LogP contribution is 2.61. The molecule has 1 saturated heterocycles. The van der Waals surface area contributed by atoms with Crippen molar-refractivity contribution in [2.75, 3.05) is 7.11 Å². The Hall–Kier alpha value is -1.84. The van der Waals surface area contributed by atoms with Crippen molar-refractivity contribution < 1.29 is 19.1 Å². The number of ether oxygens (including phenoxy) is 2. The summed E-state index contributed by atoms with van der Waals surface area (Å²) in [6.45, 7) is 4.14. The lowest BCUT2D eigenvalue weighted by Gasteiger charge is -2.50. The second-order valence-electron chi connectivity index (χ2n) is 7.27. The number of carbonyl (C=O) groups excluding carboxylic acids is 2. The maximum atomic E-state index is 12.8. The van der Waals surface area contributed by atoms with E-state index in [1.165, 1.54) is 0 Å². The van der Waals surface area contributed by atoms with Gasteiger partial charge in [0.15, 0.2) is 6.10 Å². The summed E-state index contributed by atoms with van der Waals surface area (Å²) in [5.41, 5.74) is 0.932. The third-order valence-corrected chi connectivity index (χ3v) is 6.13. The van der Waals surface area contributed by atoms with Gasteiger partial charge in [0.05, 0.1) is 12.5 Å². The number of methoxy groups -OCH3 is 1. The van der Waals surface area contributed by atoms with E-state index in [-0.39, 0.29) is 23.1 Å². The average Bonchev–Trinajstić information content (AvgIpc) is 2.78. The summed E-state index contributed by atoms with van der Waals surface area (Å²) in [5, 5.41) is 0. The summed E-state index contributed by atoms with van der Waals surface area (Å²) in [7, 11) is 1.63. The van der Waals surface area contributed by atoms with Crippen molar-refractivity contribution in [2.24, 2.45) is 11.3 Å². The fourth-order valence-corrected chi connectivity index (χ4v) is 5.05. The zero-order valence-corrected chi connectivity index (χ0v) is 13.1. The van der Waals surface area contributed by atoms with Crippen LogP contribution in [0.1, 0.15) is 49.0 Å². The zero-order valence-electron chi connectivity index (χ0n) is 13.1. The van der Waals surface area contributed by atoms with Crippen molar-refractivity contribution in [3.05, 3.63) is 29.3 Å². The lowest BCUT2D eigenvalue weighted by atomic mass is 9.50. The molecule has 0 radical (unpaired) electrons.